The lowest BCUT2D eigenvalue weighted by molar-refractivity contribution is -0.161. The summed E-state index contributed by atoms with van der Waals surface area (Å²) in [7, 11) is 0. The lowest BCUT2D eigenvalue weighted by Gasteiger charge is -2.15. The quantitative estimate of drug-likeness (QED) is 0.0373. The number of esters is 2. The molecule has 1 N–H and O–H groups in total. The molecule has 0 saturated carbocycles. The molecule has 0 bridgehead atoms. The van der Waals surface area contributed by atoms with Gasteiger partial charge in [0, 0.05) is 12.8 Å². The highest BCUT2D eigenvalue weighted by molar-refractivity contribution is 5.70. The molecule has 0 saturated heterocycles. The van der Waals surface area contributed by atoms with Crippen LogP contribution in [0, 0.1) is 0 Å². The van der Waals surface area contributed by atoms with Gasteiger partial charge in [-0.05, 0) is 83.5 Å². The molecule has 5 heteroatoms. The molecule has 0 aromatic carbocycles. The van der Waals surface area contributed by atoms with Gasteiger partial charge in [-0.3, -0.25) is 9.59 Å². The molecule has 0 aliphatic carbocycles. The topological polar surface area (TPSA) is 72.8 Å². The molecule has 0 aliphatic heterocycles. The summed E-state index contributed by atoms with van der Waals surface area (Å²) in [5.41, 5.74) is 0. The first-order valence-electron chi connectivity index (χ1n) is 36.5. The average Bonchev–Trinajstić information content (AvgIpc) is 3.49. The monoisotopic (exact) mass is 1150 g/mol. The Hall–Kier alpha value is -2.66. The molecule has 0 radical (unpaired) electrons. The van der Waals surface area contributed by atoms with Crippen molar-refractivity contribution in [1.82, 2.24) is 0 Å². The van der Waals surface area contributed by atoms with Gasteiger partial charge < -0.3 is 14.6 Å². The zero-order valence-corrected chi connectivity index (χ0v) is 55.0. The number of hydrogen-bond acceptors (Lipinski definition) is 5. The van der Waals surface area contributed by atoms with E-state index in [0.717, 1.165) is 70.6 Å². The van der Waals surface area contributed by atoms with Crippen molar-refractivity contribution in [3.8, 4) is 0 Å². The minimum Gasteiger partial charge on any atom is -0.462 e. The Morgan fingerprint density at radius 3 is 0.805 bits per heavy atom. The first-order valence-corrected chi connectivity index (χ1v) is 36.5. The molecule has 0 heterocycles. The highest BCUT2D eigenvalue weighted by Crippen LogP contribution is 2.19. The molecule has 0 aromatic heterocycles. The smallest absolute Gasteiger partial charge is 0.306 e. The molecular weight excluding hydrogens is 1000 g/mol. The van der Waals surface area contributed by atoms with Crippen molar-refractivity contribution in [1.29, 1.82) is 0 Å². The first-order chi connectivity index (χ1) is 40.6. The number of hydrogen-bond donors (Lipinski definition) is 1. The minimum atomic E-state index is -0.777. The van der Waals surface area contributed by atoms with Gasteiger partial charge in [-0.2, -0.15) is 0 Å². The summed E-state index contributed by atoms with van der Waals surface area (Å²) >= 11 is 0. The maximum Gasteiger partial charge on any atom is 0.306 e. The Morgan fingerprint density at radius 1 is 0.293 bits per heavy atom. The third-order valence-corrected chi connectivity index (χ3v) is 16.5. The Balaban J connectivity index is 3.39. The van der Waals surface area contributed by atoms with Crippen LogP contribution in [-0.4, -0.2) is 36.4 Å². The molecule has 1 unspecified atom stereocenters. The summed E-state index contributed by atoms with van der Waals surface area (Å²) in [6.45, 7) is 4.07. The van der Waals surface area contributed by atoms with Crippen LogP contribution in [0.1, 0.15) is 386 Å². The van der Waals surface area contributed by atoms with Crippen molar-refractivity contribution in [3.05, 3.63) is 72.9 Å². The van der Waals surface area contributed by atoms with Gasteiger partial charge >= 0.3 is 11.9 Å². The molecule has 0 rings (SSSR count). The molecule has 0 fully saturated rings. The Labute approximate surface area is 512 Å². The van der Waals surface area contributed by atoms with E-state index >= 15 is 0 Å². The summed E-state index contributed by atoms with van der Waals surface area (Å²) < 4.78 is 10.8. The highest BCUT2D eigenvalue weighted by atomic mass is 16.6. The van der Waals surface area contributed by atoms with Crippen LogP contribution >= 0.6 is 0 Å². The van der Waals surface area contributed by atoms with Crippen molar-refractivity contribution in [3.63, 3.8) is 0 Å². The standard InChI is InChI=1S/C77H140O5/c1-3-5-7-9-11-13-15-17-19-21-23-25-27-29-31-32-33-34-35-36-37-38-39-40-41-42-43-44-46-47-49-51-53-55-57-59-61-63-65-67-69-71-76(79)81-74-75(73-78)82-77(80)72-70-68-66-64-62-60-58-56-54-52-50-48-45-30-28-26-24-22-20-18-16-14-12-10-8-6-4-2/h6,8,12,14,18,20-21,23-24,26,30,45,75,78H,3-5,7,9-11,13,15-17,19,22,25,27-29,31-44,46-74H2,1-2H3/b8-6-,14-12-,20-18-,23-21-,26-24-,45-30-. The number of aliphatic hydroxyl groups excluding tert-OH is 1. The summed E-state index contributed by atoms with van der Waals surface area (Å²) in [6.07, 6.45) is 101. The van der Waals surface area contributed by atoms with Gasteiger partial charge in [0.25, 0.3) is 0 Å². The molecule has 478 valence electrons. The van der Waals surface area contributed by atoms with Gasteiger partial charge in [-0.1, -0.05) is 363 Å². The van der Waals surface area contributed by atoms with E-state index < -0.39 is 6.10 Å². The molecule has 0 spiro atoms. The number of ether oxygens (including phenoxy) is 2. The number of allylic oxidation sites excluding steroid dienone is 12. The Kier molecular flexibility index (Phi) is 70.2. The van der Waals surface area contributed by atoms with Crippen molar-refractivity contribution < 1.29 is 24.2 Å². The van der Waals surface area contributed by atoms with Gasteiger partial charge in [0.2, 0.25) is 0 Å². The van der Waals surface area contributed by atoms with Gasteiger partial charge in [0.05, 0.1) is 6.61 Å². The second kappa shape index (κ2) is 72.6. The molecule has 1 atom stereocenters. The summed E-state index contributed by atoms with van der Waals surface area (Å²) in [5, 5.41) is 9.70. The Bertz CT molecular complexity index is 1440. The van der Waals surface area contributed by atoms with E-state index in [9.17, 15) is 14.7 Å². The van der Waals surface area contributed by atoms with Crippen LogP contribution in [0.2, 0.25) is 0 Å². The first kappa shape index (κ1) is 79.3. The van der Waals surface area contributed by atoms with Crippen LogP contribution in [0.4, 0.5) is 0 Å². The van der Waals surface area contributed by atoms with Crippen molar-refractivity contribution in [2.75, 3.05) is 13.2 Å². The summed E-state index contributed by atoms with van der Waals surface area (Å²) in [5.74, 6) is -0.578. The maximum absolute atomic E-state index is 12.4. The van der Waals surface area contributed by atoms with Gasteiger partial charge in [-0.15, -0.1) is 0 Å². The zero-order valence-electron chi connectivity index (χ0n) is 55.0. The van der Waals surface area contributed by atoms with E-state index in [-0.39, 0.29) is 25.2 Å². The molecule has 5 nitrogen and oxygen atoms in total. The third kappa shape index (κ3) is 69.8. The SMILES string of the molecule is CC/C=C\C/C=C\C/C=C\C/C=C\C/C=C\CCCCCCCCCCCCCC(=O)OC(CO)COC(=O)CCCCCCCCCCCCCCCCCCCCCCCCCCCCCCC/C=C\CCCCCCCCCC. The van der Waals surface area contributed by atoms with Crippen LogP contribution in [0.3, 0.4) is 0 Å². The van der Waals surface area contributed by atoms with E-state index in [2.05, 4.69) is 86.8 Å². The number of rotatable bonds is 68. The molecule has 0 aromatic rings. The normalized spacial score (nSPS) is 12.6. The maximum atomic E-state index is 12.4. The minimum absolute atomic E-state index is 0.0651. The van der Waals surface area contributed by atoms with E-state index in [0.29, 0.717) is 12.8 Å². The van der Waals surface area contributed by atoms with Gasteiger partial charge in [0.15, 0.2) is 6.10 Å². The lowest BCUT2D eigenvalue weighted by atomic mass is 10.0. The van der Waals surface area contributed by atoms with E-state index in [4.69, 9.17) is 9.47 Å². The predicted molar refractivity (Wildman–Crippen MR) is 362 cm³/mol. The fraction of sp³-hybridized carbons (Fsp3) is 0.818. The number of unbranched alkanes of at least 4 members (excludes halogenated alkanes) is 48. The largest absolute Gasteiger partial charge is 0.462 e. The van der Waals surface area contributed by atoms with E-state index in [1.54, 1.807) is 0 Å². The van der Waals surface area contributed by atoms with E-state index in [1.165, 1.54) is 289 Å². The average molecular weight is 1150 g/mol. The van der Waals surface area contributed by atoms with E-state index in [1.807, 2.05) is 0 Å². The lowest BCUT2D eigenvalue weighted by Crippen LogP contribution is -2.28. The zero-order chi connectivity index (χ0) is 59.1. The summed E-state index contributed by atoms with van der Waals surface area (Å²) in [6, 6.07) is 0. The number of carbonyl (C=O) groups excluding carboxylic acids is 2. The Morgan fingerprint density at radius 2 is 0.524 bits per heavy atom. The van der Waals surface area contributed by atoms with Crippen molar-refractivity contribution >= 4 is 11.9 Å². The number of carbonyl (C=O) groups is 2. The van der Waals surface area contributed by atoms with Gasteiger partial charge in [-0.25, -0.2) is 0 Å². The number of aliphatic hydroxyl groups is 1. The van der Waals surface area contributed by atoms with Crippen molar-refractivity contribution in [2.24, 2.45) is 0 Å². The van der Waals surface area contributed by atoms with Crippen LogP contribution in [0.25, 0.3) is 0 Å². The molecule has 0 amide bonds. The predicted octanol–water partition coefficient (Wildman–Crippen LogP) is 25.4. The third-order valence-electron chi connectivity index (χ3n) is 16.5. The highest BCUT2D eigenvalue weighted by Gasteiger charge is 2.16. The van der Waals surface area contributed by atoms with Crippen LogP contribution in [-0.2, 0) is 19.1 Å². The fourth-order valence-corrected chi connectivity index (χ4v) is 11.1. The molecule has 82 heavy (non-hydrogen) atoms. The van der Waals surface area contributed by atoms with Gasteiger partial charge in [0.1, 0.15) is 6.61 Å². The van der Waals surface area contributed by atoms with Crippen LogP contribution in [0.15, 0.2) is 72.9 Å². The second-order valence-corrected chi connectivity index (χ2v) is 24.6. The summed E-state index contributed by atoms with van der Waals surface area (Å²) in [4.78, 5) is 24.7. The second-order valence-electron chi connectivity index (χ2n) is 24.6. The van der Waals surface area contributed by atoms with Crippen LogP contribution < -0.4 is 0 Å². The van der Waals surface area contributed by atoms with Crippen molar-refractivity contribution in [2.45, 2.75) is 392 Å². The van der Waals surface area contributed by atoms with Crippen LogP contribution in [0.5, 0.6) is 0 Å². The molecular formula is C77H140O5. The molecule has 0 aliphatic rings. The fourth-order valence-electron chi connectivity index (χ4n) is 11.1.